The van der Waals surface area contributed by atoms with Gasteiger partial charge < -0.3 is 14.9 Å². The highest BCUT2D eigenvalue weighted by Crippen LogP contribution is 2.42. The van der Waals surface area contributed by atoms with E-state index in [1.165, 1.54) is 5.57 Å². The number of hydrogen-bond acceptors (Lipinski definition) is 3. The largest absolute Gasteiger partial charge is 0.506 e. The zero-order valence-corrected chi connectivity index (χ0v) is 16.3. The maximum atomic E-state index is 11.7. The Morgan fingerprint density at radius 1 is 1.37 bits per heavy atom. The van der Waals surface area contributed by atoms with E-state index in [-0.39, 0.29) is 11.3 Å². The highest BCUT2D eigenvalue weighted by Gasteiger charge is 2.31. The average Bonchev–Trinajstić information content (AvgIpc) is 2.57. The molecule has 1 aromatic rings. The monoisotopic (exact) mass is 368 g/mol. The number of aromatic hydroxyl groups is 1. The van der Waals surface area contributed by atoms with Crippen molar-refractivity contribution in [1.29, 1.82) is 0 Å². The van der Waals surface area contributed by atoms with Gasteiger partial charge in [-0.3, -0.25) is 0 Å². The molecular weight excluding hydrogens is 340 g/mol. The van der Waals surface area contributed by atoms with Crippen molar-refractivity contribution in [3.05, 3.63) is 40.5 Å². The summed E-state index contributed by atoms with van der Waals surface area (Å²) in [6.45, 7) is 6.13. The van der Waals surface area contributed by atoms with Crippen LogP contribution in [-0.4, -0.2) is 21.8 Å². The minimum Gasteiger partial charge on any atom is -0.506 e. The van der Waals surface area contributed by atoms with Gasteiger partial charge in [0.2, 0.25) is 0 Å². The van der Waals surface area contributed by atoms with Gasteiger partial charge >= 0.3 is 5.97 Å². The SMILES string of the molecule is C#CCCCCc1cc2c(c(O)c1C(=O)O)C=CC(C)(CCC=C(C)C)O2. The fourth-order valence-electron chi connectivity index (χ4n) is 3.26. The van der Waals surface area contributed by atoms with Gasteiger partial charge in [0, 0.05) is 6.42 Å². The first kappa shape index (κ1) is 20.6. The molecule has 0 fully saturated rings. The number of carbonyl (C=O) groups is 1. The van der Waals surface area contributed by atoms with Gasteiger partial charge in [-0.1, -0.05) is 11.6 Å². The fraction of sp³-hybridized carbons (Fsp3) is 0.435. The Hall–Kier alpha value is -2.67. The Morgan fingerprint density at radius 3 is 2.74 bits per heavy atom. The van der Waals surface area contributed by atoms with Gasteiger partial charge in [0.05, 0.1) is 5.56 Å². The van der Waals surface area contributed by atoms with E-state index in [4.69, 9.17) is 11.2 Å². The Bertz CT molecular complexity index is 807. The van der Waals surface area contributed by atoms with Crippen LogP contribution in [-0.2, 0) is 6.42 Å². The smallest absolute Gasteiger partial charge is 0.339 e. The van der Waals surface area contributed by atoms with E-state index in [1.54, 1.807) is 12.1 Å². The molecule has 1 unspecified atom stereocenters. The highest BCUT2D eigenvalue weighted by molar-refractivity contribution is 5.95. The summed E-state index contributed by atoms with van der Waals surface area (Å²) in [7, 11) is 0. The molecule has 1 heterocycles. The number of carboxylic acid groups (broad SMARTS) is 1. The summed E-state index contributed by atoms with van der Waals surface area (Å²) >= 11 is 0. The third-order valence-electron chi connectivity index (χ3n) is 4.75. The normalized spacial score (nSPS) is 17.6. The zero-order chi connectivity index (χ0) is 20.0. The quantitative estimate of drug-likeness (QED) is 0.369. The summed E-state index contributed by atoms with van der Waals surface area (Å²) in [5.41, 5.74) is 1.74. The predicted molar refractivity (Wildman–Crippen MR) is 108 cm³/mol. The van der Waals surface area contributed by atoms with Crippen LogP contribution in [0.5, 0.6) is 11.5 Å². The molecule has 0 aromatic heterocycles. The van der Waals surface area contributed by atoms with Crippen molar-refractivity contribution >= 4 is 12.0 Å². The molecule has 1 aliphatic rings. The number of aromatic carboxylic acids is 1. The van der Waals surface area contributed by atoms with Crippen molar-refractivity contribution in [3.63, 3.8) is 0 Å². The molecule has 2 rings (SSSR count). The number of ether oxygens (including phenoxy) is 1. The fourth-order valence-corrected chi connectivity index (χ4v) is 3.26. The van der Waals surface area contributed by atoms with E-state index < -0.39 is 11.6 Å². The van der Waals surface area contributed by atoms with Crippen LogP contribution >= 0.6 is 0 Å². The minimum atomic E-state index is -1.13. The number of unbranched alkanes of at least 4 members (excludes halogenated alkanes) is 2. The molecule has 1 aromatic carbocycles. The van der Waals surface area contributed by atoms with E-state index >= 15 is 0 Å². The van der Waals surface area contributed by atoms with Gasteiger partial charge in [-0.2, -0.15) is 0 Å². The number of hydrogen-bond donors (Lipinski definition) is 2. The Labute approximate surface area is 161 Å². The molecule has 27 heavy (non-hydrogen) atoms. The molecule has 4 heteroatoms. The Balaban J connectivity index is 2.31. The summed E-state index contributed by atoms with van der Waals surface area (Å²) in [4.78, 5) is 11.7. The maximum Gasteiger partial charge on any atom is 0.339 e. The lowest BCUT2D eigenvalue weighted by Gasteiger charge is -2.32. The second-order valence-electron chi connectivity index (χ2n) is 7.46. The van der Waals surface area contributed by atoms with Crippen LogP contribution in [0.3, 0.4) is 0 Å². The molecule has 0 spiro atoms. The number of carboxylic acids is 1. The lowest BCUT2D eigenvalue weighted by atomic mass is 9.91. The van der Waals surface area contributed by atoms with Crippen LogP contribution in [0.1, 0.15) is 74.4 Å². The summed E-state index contributed by atoms with van der Waals surface area (Å²) in [5.74, 6) is 1.76. The molecular formula is C23H28O4. The number of allylic oxidation sites excluding steroid dienone is 2. The summed E-state index contributed by atoms with van der Waals surface area (Å²) in [5, 5.41) is 20.1. The molecule has 2 N–H and O–H groups in total. The van der Waals surface area contributed by atoms with E-state index in [0.29, 0.717) is 29.7 Å². The number of aryl methyl sites for hydroxylation is 1. The average molecular weight is 368 g/mol. The number of phenols is 1. The van der Waals surface area contributed by atoms with Gasteiger partial charge in [-0.25, -0.2) is 4.79 Å². The van der Waals surface area contributed by atoms with Crippen LogP contribution in [0.4, 0.5) is 0 Å². The van der Waals surface area contributed by atoms with Crippen LogP contribution < -0.4 is 4.74 Å². The minimum absolute atomic E-state index is 0.0455. The van der Waals surface area contributed by atoms with Gasteiger partial charge in [0.1, 0.15) is 22.7 Å². The van der Waals surface area contributed by atoms with Gasteiger partial charge in [0.25, 0.3) is 0 Å². The molecule has 0 bridgehead atoms. The van der Waals surface area contributed by atoms with Crippen LogP contribution in [0.25, 0.3) is 6.08 Å². The van der Waals surface area contributed by atoms with Crippen molar-refractivity contribution < 1.29 is 19.7 Å². The van der Waals surface area contributed by atoms with E-state index in [9.17, 15) is 15.0 Å². The molecule has 0 aliphatic carbocycles. The number of terminal acetylenes is 1. The van der Waals surface area contributed by atoms with Crippen molar-refractivity contribution in [2.45, 2.75) is 64.9 Å². The first-order valence-corrected chi connectivity index (χ1v) is 9.34. The van der Waals surface area contributed by atoms with Crippen LogP contribution in [0, 0.1) is 12.3 Å². The number of fused-ring (bicyclic) bond motifs is 1. The summed E-state index contributed by atoms with van der Waals surface area (Å²) in [6.07, 6.45) is 15.6. The third-order valence-corrected chi connectivity index (χ3v) is 4.75. The van der Waals surface area contributed by atoms with Gasteiger partial charge in [-0.05, 0) is 76.7 Å². The number of benzene rings is 1. The first-order chi connectivity index (χ1) is 12.8. The van der Waals surface area contributed by atoms with Gasteiger partial charge in [0.15, 0.2) is 0 Å². The Kier molecular flexibility index (Phi) is 6.74. The van der Waals surface area contributed by atoms with E-state index in [1.807, 2.05) is 13.0 Å². The van der Waals surface area contributed by atoms with Crippen molar-refractivity contribution in [2.24, 2.45) is 0 Å². The third kappa shape index (κ3) is 5.17. The molecule has 0 amide bonds. The zero-order valence-electron chi connectivity index (χ0n) is 16.3. The second-order valence-corrected chi connectivity index (χ2v) is 7.46. The molecule has 1 atom stereocenters. The molecule has 0 saturated carbocycles. The van der Waals surface area contributed by atoms with Crippen molar-refractivity contribution in [3.8, 4) is 23.8 Å². The lowest BCUT2D eigenvalue weighted by Crippen LogP contribution is -2.32. The standard InChI is InChI=1S/C23H28O4/c1-5-6-7-8-11-17-15-19-18(21(24)20(17)22(25)26)12-14-23(4,27-19)13-9-10-16(2)3/h1,10,12,14-15,24H,6-9,11,13H2,2-4H3,(H,25,26). The van der Waals surface area contributed by atoms with Gasteiger partial charge in [-0.15, -0.1) is 12.3 Å². The van der Waals surface area contributed by atoms with Crippen molar-refractivity contribution in [2.75, 3.05) is 0 Å². The highest BCUT2D eigenvalue weighted by atomic mass is 16.5. The molecule has 4 nitrogen and oxygen atoms in total. The van der Waals surface area contributed by atoms with E-state index in [0.717, 1.165) is 25.7 Å². The molecule has 144 valence electrons. The van der Waals surface area contributed by atoms with Crippen LogP contribution in [0.2, 0.25) is 0 Å². The second kappa shape index (κ2) is 8.81. The summed E-state index contributed by atoms with van der Waals surface area (Å²) < 4.78 is 6.18. The maximum absolute atomic E-state index is 11.7. The molecule has 0 saturated heterocycles. The Morgan fingerprint density at radius 2 is 2.11 bits per heavy atom. The number of rotatable bonds is 8. The molecule has 0 radical (unpaired) electrons. The van der Waals surface area contributed by atoms with Crippen LogP contribution in [0.15, 0.2) is 23.8 Å². The first-order valence-electron chi connectivity index (χ1n) is 9.34. The molecule has 1 aliphatic heterocycles. The topological polar surface area (TPSA) is 66.8 Å². The van der Waals surface area contributed by atoms with Crippen molar-refractivity contribution in [1.82, 2.24) is 0 Å². The summed E-state index contributed by atoms with van der Waals surface area (Å²) in [6, 6.07) is 1.76. The predicted octanol–water partition coefficient (Wildman–Crippen LogP) is 5.35. The van der Waals surface area contributed by atoms with E-state index in [2.05, 4.69) is 25.8 Å². The lowest BCUT2D eigenvalue weighted by molar-refractivity contribution is 0.0692.